The van der Waals surface area contributed by atoms with E-state index in [0.717, 1.165) is 24.5 Å². The van der Waals surface area contributed by atoms with E-state index in [1.165, 1.54) is 13.1 Å². The van der Waals surface area contributed by atoms with Crippen molar-refractivity contribution >= 4 is 33.2 Å². The zero-order valence-electron chi connectivity index (χ0n) is 12.0. The van der Waals surface area contributed by atoms with Crippen LogP contribution in [0.4, 0.5) is 11.4 Å². The van der Waals surface area contributed by atoms with Crippen LogP contribution < -0.4 is 15.4 Å². The third-order valence-electron chi connectivity index (χ3n) is 3.35. The van der Waals surface area contributed by atoms with E-state index >= 15 is 0 Å². The van der Waals surface area contributed by atoms with Crippen molar-refractivity contribution in [3.05, 3.63) is 18.2 Å². The lowest BCUT2D eigenvalue weighted by Gasteiger charge is -2.39. The fraction of sp³-hybridized carbons (Fsp3) is 0.538. The summed E-state index contributed by atoms with van der Waals surface area (Å²) in [5.74, 6) is 1.01. The first-order valence-electron chi connectivity index (χ1n) is 6.47. The number of nitrogens with zero attached hydrogens (tertiary/aromatic N) is 1. The number of nitrogens with two attached hydrogens (primary N) is 1. The molecule has 1 aliphatic heterocycles. The Morgan fingerprint density at radius 3 is 2.70 bits per heavy atom. The van der Waals surface area contributed by atoms with Gasteiger partial charge in [0.2, 0.25) is 10.0 Å². The van der Waals surface area contributed by atoms with Crippen LogP contribution in [0.1, 0.15) is 13.8 Å². The molecule has 1 saturated heterocycles. The predicted octanol–water partition coefficient (Wildman–Crippen LogP) is 1.51. The van der Waals surface area contributed by atoms with Crippen LogP contribution in [0.5, 0.6) is 0 Å². The molecule has 1 aromatic carbocycles. The summed E-state index contributed by atoms with van der Waals surface area (Å²) in [6.45, 7) is 6.11. The van der Waals surface area contributed by atoms with Gasteiger partial charge in [-0.25, -0.2) is 13.1 Å². The van der Waals surface area contributed by atoms with Crippen LogP contribution in [-0.2, 0) is 10.0 Å². The van der Waals surface area contributed by atoms with Crippen LogP contribution in [0, 0.1) is 0 Å². The zero-order valence-corrected chi connectivity index (χ0v) is 13.6. The number of thioether (sulfide) groups is 1. The Hall–Kier alpha value is -0.920. The van der Waals surface area contributed by atoms with Gasteiger partial charge < -0.3 is 10.6 Å². The maximum absolute atomic E-state index is 11.9. The number of anilines is 2. The predicted molar refractivity (Wildman–Crippen MR) is 85.8 cm³/mol. The molecule has 0 radical (unpaired) electrons. The molecule has 1 fully saturated rings. The molecule has 0 aliphatic carbocycles. The van der Waals surface area contributed by atoms with Gasteiger partial charge in [0.15, 0.2) is 0 Å². The zero-order chi connectivity index (χ0) is 15.0. The Balaban J connectivity index is 2.39. The third kappa shape index (κ3) is 3.21. The second-order valence-electron chi connectivity index (χ2n) is 5.46. The van der Waals surface area contributed by atoms with Gasteiger partial charge in [-0.1, -0.05) is 0 Å². The molecule has 0 aromatic heterocycles. The largest absolute Gasteiger partial charge is 0.397 e. The summed E-state index contributed by atoms with van der Waals surface area (Å²) in [5.41, 5.74) is 7.44. The maximum atomic E-state index is 11.9. The summed E-state index contributed by atoms with van der Waals surface area (Å²) in [7, 11) is -2.03. The molecule has 0 bridgehead atoms. The van der Waals surface area contributed by atoms with Crippen molar-refractivity contribution in [1.29, 1.82) is 0 Å². The minimum atomic E-state index is -3.44. The van der Waals surface area contributed by atoms with Crippen molar-refractivity contribution in [3.63, 3.8) is 0 Å². The molecule has 1 aromatic rings. The molecule has 0 spiro atoms. The van der Waals surface area contributed by atoms with E-state index in [2.05, 4.69) is 23.5 Å². The fourth-order valence-electron chi connectivity index (χ4n) is 2.30. The number of rotatable bonds is 3. The monoisotopic (exact) mass is 315 g/mol. The maximum Gasteiger partial charge on any atom is 0.240 e. The van der Waals surface area contributed by atoms with Gasteiger partial charge in [-0.05, 0) is 39.1 Å². The molecule has 5 nitrogen and oxygen atoms in total. The van der Waals surface area contributed by atoms with E-state index in [-0.39, 0.29) is 9.64 Å². The minimum Gasteiger partial charge on any atom is -0.397 e. The second kappa shape index (κ2) is 5.46. The second-order valence-corrected chi connectivity index (χ2v) is 9.15. The van der Waals surface area contributed by atoms with E-state index in [9.17, 15) is 8.42 Å². The van der Waals surface area contributed by atoms with Crippen LogP contribution >= 0.6 is 11.8 Å². The van der Waals surface area contributed by atoms with Gasteiger partial charge in [-0.2, -0.15) is 11.8 Å². The lowest BCUT2D eigenvalue weighted by atomic mass is 10.1. The Morgan fingerprint density at radius 2 is 2.10 bits per heavy atom. The summed E-state index contributed by atoms with van der Waals surface area (Å²) in [5, 5.41) is 0. The first-order valence-corrected chi connectivity index (χ1v) is 8.94. The van der Waals surface area contributed by atoms with Gasteiger partial charge in [-0.3, -0.25) is 0 Å². The van der Waals surface area contributed by atoms with Crippen molar-refractivity contribution in [2.75, 3.05) is 36.5 Å². The standard InChI is InChI=1S/C13H21N3O2S2/c1-13(2)9-16(6-7-19-13)12-8-10(4-5-11(12)14)20(17,18)15-3/h4-5,8,15H,6-7,9,14H2,1-3H3. The highest BCUT2D eigenvalue weighted by molar-refractivity contribution is 8.00. The average Bonchev–Trinajstić information content (AvgIpc) is 2.37. The Labute approximate surface area is 125 Å². The summed E-state index contributed by atoms with van der Waals surface area (Å²) in [6, 6.07) is 4.86. The lowest BCUT2D eigenvalue weighted by Crippen LogP contribution is -2.43. The number of nitrogen functional groups attached to an aromatic ring is 1. The smallest absolute Gasteiger partial charge is 0.240 e. The molecule has 0 atom stereocenters. The van der Waals surface area contributed by atoms with Crippen molar-refractivity contribution in [2.45, 2.75) is 23.5 Å². The van der Waals surface area contributed by atoms with E-state index in [1.807, 2.05) is 11.8 Å². The van der Waals surface area contributed by atoms with Crippen LogP contribution in [0.15, 0.2) is 23.1 Å². The van der Waals surface area contributed by atoms with Crippen LogP contribution in [0.2, 0.25) is 0 Å². The Bertz CT molecular complexity index is 600. The summed E-state index contributed by atoms with van der Waals surface area (Å²) >= 11 is 1.93. The van der Waals surface area contributed by atoms with Crippen molar-refractivity contribution in [3.8, 4) is 0 Å². The highest BCUT2D eigenvalue weighted by atomic mass is 32.2. The molecule has 20 heavy (non-hydrogen) atoms. The van der Waals surface area contributed by atoms with Crippen LogP contribution in [-0.4, -0.2) is 39.1 Å². The van der Waals surface area contributed by atoms with Gasteiger partial charge in [0.1, 0.15) is 0 Å². The number of hydrogen-bond acceptors (Lipinski definition) is 5. The molecule has 0 saturated carbocycles. The van der Waals surface area contributed by atoms with Gasteiger partial charge in [0.25, 0.3) is 0 Å². The number of nitrogens with one attached hydrogen (secondary N) is 1. The lowest BCUT2D eigenvalue weighted by molar-refractivity contribution is 0.588. The van der Waals surface area contributed by atoms with Crippen molar-refractivity contribution < 1.29 is 8.42 Å². The number of hydrogen-bond donors (Lipinski definition) is 2. The SMILES string of the molecule is CNS(=O)(=O)c1ccc(N)c(N2CCSC(C)(C)C2)c1. The van der Waals surface area contributed by atoms with E-state index in [0.29, 0.717) is 5.69 Å². The quantitative estimate of drug-likeness (QED) is 0.827. The molecule has 1 heterocycles. The first kappa shape index (κ1) is 15.5. The molecule has 3 N–H and O–H groups in total. The molecule has 0 amide bonds. The van der Waals surface area contributed by atoms with E-state index in [4.69, 9.17) is 5.73 Å². The molecule has 1 aliphatic rings. The Morgan fingerprint density at radius 1 is 1.40 bits per heavy atom. The molecular formula is C13H21N3O2S2. The summed E-state index contributed by atoms with van der Waals surface area (Å²) in [6.07, 6.45) is 0. The molecular weight excluding hydrogens is 294 g/mol. The molecule has 2 rings (SSSR count). The van der Waals surface area contributed by atoms with Gasteiger partial charge in [-0.15, -0.1) is 0 Å². The van der Waals surface area contributed by atoms with E-state index in [1.54, 1.807) is 12.1 Å². The van der Waals surface area contributed by atoms with Gasteiger partial charge in [0.05, 0.1) is 16.3 Å². The van der Waals surface area contributed by atoms with Crippen LogP contribution in [0.3, 0.4) is 0 Å². The van der Waals surface area contributed by atoms with E-state index < -0.39 is 10.0 Å². The first-order chi connectivity index (χ1) is 9.25. The minimum absolute atomic E-state index is 0.141. The number of sulfonamides is 1. The normalized spacial score (nSPS) is 19.1. The van der Waals surface area contributed by atoms with Crippen molar-refractivity contribution in [2.24, 2.45) is 0 Å². The topological polar surface area (TPSA) is 75.4 Å². The summed E-state index contributed by atoms with van der Waals surface area (Å²) in [4.78, 5) is 2.42. The highest BCUT2D eigenvalue weighted by Gasteiger charge is 2.28. The van der Waals surface area contributed by atoms with Crippen LogP contribution in [0.25, 0.3) is 0 Å². The van der Waals surface area contributed by atoms with Crippen molar-refractivity contribution in [1.82, 2.24) is 4.72 Å². The third-order valence-corrected chi connectivity index (χ3v) is 6.06. The molecule has 0 unspecified atom stereocenters. The van der Waals surface area contributed by atoms with Gasteiger partial charge in [0, 0.05) is 23.6 Å². The fourth-order valence-corrected chi connectivity index (χ4v) is 4.17. The average molecular weight is 315 g/mol. The molecule has 112 valence electrons. The molecule has 7 heteroatoms. The van der Waals surface area contributed by atoms with Gasteiger partial charge >= 0.3 is 0 Å². The highest BCUT2D eigenvalue weighted by Crippen LogP contribution is 2.35. The number of benzene rings is 1. The Kier molecular flexibility index (Phi) is 4.22. The summed E-state index contributed by atoms with van der Waals surface area (Å²) < 4.78 is 26.3.